The Labute approximate surface area is 177 Å². The van der Waals surface area contributed by atoms with Crippen LogP contribution in [0.3, 0.4) is 0 Å². The van der Waals surface area contributed by atoms with Gasteiger partial charge in [0.2, 0.25) is 0 Å². The van der Waals surface area contributed by atoms with Gasteiger partial charge >= 0.3 is 5.97 Å². The summed E-state index contributed by atoms with van der Waals surface area (Å²) < 4.78 is 11.2. The molecule has 2 aromatic heterocycles. The van der Waals surface area contributed by atoms with Crippen LogP contribution in [0.1, 0.15) is 33.8 Å². The fourth-order valence-electron chi connectivity index (χ4n) is 2.98. The zero-order valence-electron chi connectivity index (χ0n) is 17.2. The molecule has 1 aromatic carbocycles. The van der Waals surface area contributed by atoms with Crippen molar-refractivity contribution < 1.29 is 19.1 Å². The molecule has 9 heteroatoms. The highest BCUT2D eigenvalue weighted by molar-refractivity contribution is 7.20. The maximum absolute atomic E-state index is 13.0. The van der Waals surface area contributed by atoms with Gasteiger partial charge < -0.3 is 14.8 Å². The second-order valence-corrected chi connectivity index (χ2v) is 7.80. The SMILES string of the molecule is COCCOC(=O)[C@H](C)n1cnc2sc(C(=O)Nc3ccccc3C)c(C)c2c1=O. The first-order valence-electron chi connectivity index (χ1n) is 9.38. The van der Waals surface area contributed by atoms with Crippen LogP contribution in [-0.2, 0) is 14.3 Å². The Bertz CT molecular complexity index is 1150. The zero-order valence-corrected chi connectivity index (χ0v) is 18.0. The first-order chi connectivity index (χ1) is 14.3. The Morgan fingerprint density at radius 1 is 1.23 bits per heavy atom. The van der Waals surface area contributed by atoms with E-state index in [1.807, 2.05) is 31.2 Å². The molecule has 0 aliphatic carbocycles. The molecule has 0 saturated heterocycles. The molecule has 1 atom stereocenters. The molecule has 30 heavy (non-hydrogen) atoms. The minimum absolute atomic E-state index is 0.102. The van der Waals surface area contributed by atoms with E-state index in [0.29, 0.717) is 26.3 Å². The predicted octanol–water partition coefficient (Wildman–Crippen LogP) is 3.08. The van der Waals surface area contributed by atoms with Crippen LogP contribution in [0, 0.1) is 13.8 Å². The number of aromatic nitrogens is 2. The van der Waals surface area contributed by atoms with Crippen molar-refractivity contribution in [3.05, 3.63) is 57.0 Å². The van der Waals surface area contributed by atoms with Gasteiger partial charge in [-0.05, 0) is 38.0 Å². The van der Waals surface area contributed by atoms with E-state index in [0.717, 1.165) is 16.9 Å². The van der Waals surface area contributed by atoms with E-state index in [1.54, 1.807) is 13.8 Å². The number of amides is 1. The van der Waals surface area contributed by atoms with E-state index in [4.69, 9.17) is 9.47 Å². The van der Waals surface area contributed by atoms with Crippen LogP contribution in [0.2, 0.25) is 0 Å². The lowest BCUT2D eigenvalue weighted by molar-refractivity contribution is -0.148. The van der Waals surface area contributed by atoms with Crippen LogP contribution in [0.4, 0.5) is 5.69 Å². The van der Waals surface area contributed by atoms with E-state index in [2.05, 4.69) is 10.3 Å². The van der Waals surface area contributed by atoms with Crippen molar-refractivity contribution in [2.24, 2.45) is 0 Å². The molecule has 3 aromatic rings. The summed E-state index contributed by atoms with van der Waals surface area (Å²) in [5.41, 5.74) is 1.79. The van der Waals surface area contributed by atoms with Gasteiger partial charge in [-0.25, -0.2) is 9.78 Å². The fraction of sp³-hybridized carbons (Fsp3) is 0.333. The summed E-state index contributed by atoms with van der Waals surface area (Å²) >= 11 is 1.15. The molecule has 1 N–H and O–H groups in total. The van der Waals surface area contributed by atoms with E-state index >= 15 is 0 Å². The summed E-state index contributed by atoms with van der Waals surface area (Å²) in [4.78, 5) is 43.2. The minimum Gasteiger partial charge on any atom is -0.462 e. The lowest BCUT2D eigenvalue weighted by atomic mass is 10.1. The summed E-state index contributed by atoms with van der Waals surface area (Å²) in [6.07, 6.45) is 1.31. The number of methoxy groups -OCH3 is 1. The van der Waals surface area contributed by atoms with Gasteiger partial charge in [-0.2, -0.15) is 0 Å². The van der Waals surface area contributed by atoms with E-state index in [9.17, 15) is 14.4 Å². The van der Waals surface area contributed by atoms with Crippen LogP contribution in [0.25, 0.3) is 10.2 Å². The fourth-order valence-corrected chi connectivity index (χ4v) is 4.02. The number of hydrogen-bond donors (Lipinski definition) is 1. The number of hydrogen-bond acceptors (Lipinski definition) is 7. The number of carbonyl (C=O) groups excluding carboxylic acids is 2. The van der Waals surface area contributed by atoms with Gasteiger partial charge in [-0.1, -0.05) is 18.2 Å². The quantitative estimate of drug-likeness (QED) is 0.458. The molecule has 0 spiro atoms. The average Bonchev–Trinajstić information content (AvgIpc) is 3.07. The van der Waals surface area contributed by atoms with Crippen molar-refractivity contribution in [2.75, 3.05) is 25.6 Å². The first-order valence-corrected chi connectivity index (χ1v) is 10.2. The molecular formula is C21H23N3O5S. The Morgan fingerprint density at radius 3 is 2.67 bits per heavy atom. The minimum atomic E-state index is -0.852. The molecule has 0 unspecified atom stereocenters. The van der Waals surface area contributed by atoms with Crippen LogP contribution < -0.4 is 10.9 Å². The van der Waals surface area contributed by atoms with Gasteiger partial charge in [0, 0.05) is 12.8 Å². The monoisotopic (exact) mass is 429 g/mol. The number of ether oxygens (including phenoxy) is 2. The molecular weight excluding hydrogens is 406 g/mol. The summed E-state index contributed by atoms with van der Waals surface area (Å²) in [5.74, 6) is -0.858. The Morgan fingerprint density at radius 2 is 1.97 bits per heavy atom. The number of carbonyl (C=O) groups is 2. The molecule has 158 valence electrons. The van der Waals surface area contributed by atoms with Crippen LogP contribution >= 0.6 is 11.3 Å². The van der Waals surface area contributed by atoms with Crippen LogP contribution in [0.15, 0.2) is 35.4 Å². The van der Waals surface area contributed by atoms with Crippen molar-refractivity contribution in [3.63, 3.8) is 0 Å². The zero-order chi connectivity index (χ0) is 21.8. The highest BCUT2D eigenvalue weighted by Gasteiger charge is 2.23. The highest BCUT2D eigenvalue weighted by Crippen LogP contribution is 2.28. The van der Waals surface area contributed by atoms with Gasteiger partial charge in [0.05, 0.1) is 23.2 Å². The second kappa shape index (κ2) is 9.19. The Kier molecular flexibility index (Phi) is 6.63. The third-order valence-corrected chi connectivity index (χ3v) is 5.96. The first kappa shape index (κ1) is 21.7. The van der Waals surface area contributed by atoms with Crippen LogP contribution in [0.5, 0.6) is 0 Å². The topological polar surface area (TPSA) is 99.5 Å². The standard InChI is InChI=1S/C21H23N3O5S/c1-12-7-5-6-8-15(12)23-18(25)17-13(2)16-19(30-17)22-11-24(20(16)26)14(3)21(27)29-10-9-28-4/h5-8,11,14H,9-10H2,1-4H3,(H,23,25)/t14-/m0/s1. The van der Waals surface area contributed by atoms with E-state index in [1.165, 1.54) is 18.0 Å². The number of nitrogens with zero attached hydrogens (tertiary/aromatic N) is 2. The van der Waals surface area contributed by atoms with Crippen molar-refractivity contribution in [1.82, 2.24) is 9.55 Å². The number of nitrogens with one attached hydrogen (secondary N) is 1. The molecule has 1 amide bonds. The van der Waals surface area contributed by atoms with Gasteiger partial charge in [0.15, 0.2) is 0 Å². The summed E-state index contributed by atoms with van der Waals surface area (Å²) in [7, 11) is 1.51. The lowest BCUT2D eigenvalue weighted by Crippen LogP contribution is -2.30. The van der Waals surface area contributed by atoms with Gasteiger partial charge in [0.1, 0.15) is 17.5 Å². The maximum atomic E-state index is 13.0. The van der Waals surface area contributed by atoms with Gasteiger partial charge in [-0.15, -0.1) is 11.3 Å². The Hall–Kier alpha value is -3.04. The summed E-state index contributed by atoms with van der Waals surface area (Å²) in [5, 5.41) is 3.21. The number of esters is 1. The van der Waals surface area contributed by atoms with Gasteiger partial charge in [-0.3, -0.25) is 14.2 Å². The van der Waals surface area contributed by atoms with Crippen LogP contribution in [-0.4, -0.2) is 41.8 Å². The summed E-state index contributed by atoms with van der Waals surface area (Å²) in [6, 6.07) is 6.60. The predicted molar refractivity (Wildman–Crippen MR) is 115 cm³/mol. The third-order valence-electron chi connectivity index (χ3n) is 4.77. The normalized spacial score (nSPS) is 12.0. The number of fused-ring (bicyclic) bond motifs is 1. The van der Waals surface area contributed by atoms with Crippen molar-refractivity contribution >= 4 is 39.1 Å². The van der Waals surface area contributed by atoms with Gasteiger partial charge in [0.25, 0.3) is 11.5 Å². The number of thiophene rings is 1. The largest absolute Gasteiger partial charge is 0.462 e. The average molecular weight is 429 g/mol. The van der Waals surface area contributed by atoms with E-state index in [-0.39, 0.29) is 24.7 Å². The lowest BCUT2D eigenvalue weighted by Gasteiger charge is -2.13. The summed E-state index contributed by atoms with van der Waals surface area (Å²) in [6.45, 7) is 5.55. The molecule has 0 radical (unpaired) electrons. The molecule has 8 nitrogen and oxygen atoms in total. The molecule has 0 saturated carbocycles. The molecule has 0 fully saturated rings. The van der Waals surface area contributed by atoms with Crippen molar-refractivity contribution in [3.8, 4) is 0 Å². The number of aryl methyl sites for hydroxylation is 2. The molecule has 2 heterocycles. The smallest absolute Gasteiger partial charge is 0.329 e. The Balaban J connectivity index is 1.92. The maximum Gasteiger partial charge on any atom is 0.329 e. The number of rotatable bonds is 7. The molecule has 0 aliphatic rings. The number of benzene rings is 1. The molecule has 3 rings (SSSR count). The molecule has 0 bridgehead atoms. The number of anilines is 1. The van der Waals surface area contributed by atoms with E-state index < -0.39 is 12.0 Å². The molecule has 0 aliphatic heterocycles. The highest BCUT2D eigenvalue weighted by atomic mass is 32.1. The third kappa shape index (κ3) is 4.27. The second-order valence-electron chi connectivity index (χ2n) is 6.80. The van der Waals surface area contributed by atoms with Crippen molar-refractivity contribution in [2.45, 2.75) is 26.8 Å². The van der Waals surface area contributed by atoms with Crippen molar-refractivity contribution in [1.29, 1.82) is 0 Å². The number of para-hydroxylation sites is 1.